The van der Waals surface area contributed by atoms with Gasteiger partial charge in [0.1, 0.15) is 5.82 Å². The summed E-state index contributed by atoms with van der Waals surface area (Å²) in [5, 5.41) is 9.30. The molecule has 1 aromatic rings. The highest BCUT2D eigenvalue weighted by atomic mass is 19.1. The molecule has 0 spiro atoms. The first kappa shape index (κ1) is 11.8. The molecule has 1 aromatic carbocycles. The van der Waals surface area contributed by atoms with E-state index in [9.17, 15) is 9.50 Å². The summed E-state index contributed by atoms with van der Waals surface area (Å²) in [5.41, 5.74) is 0.772. The van der Waals surface area contributed by atoms with Gasteiger partial charge in [0.2, 0.25) is 0 Å². The van der Waals surface area contributed by atoms with Crippen LogP contribution in [0.25, 0.3) is 0 Å². The highest BCUT2D eigenvalue weighted by Crippen LogP contribution is 2.15. The van der Waals surface area contributed by atoms with E-state index in [1.165, 1.54) is 12.1 Å². The van der Waals surface area contributed by atoms with Gasteiger partial charge in [-0.25, -0.2) is 4.39 Å². The second-order valence-electron chi connectivity index (χ2n) is 2.48. The smallest absolute Gasteiger partial charge is 0.123 e. The van der Waals surface area contributed by atoms with E-state index in [0.29, 0.717) is 6.42 Å². The Balaban J connectivity index is 0.000000671. The van der Waals surface area contributed by atoms with Crippen molar-refractivity contribution >= 4 is 0 Å². The molecule has 0 aliphatic heterocycles. The molecule has 13 heavy (non-hydrogen) atoms. The fourth-order valence-corrected chi connectivity index (χ4v) is 0.921. The van der Waals surface area contributed by atoms with E-state index < -0.39 is 6.10 Å². The van der Waals surface area contributed by atoms with Gasteiger partial charge in [0.05, 0.1) is 6.10 Å². The van der Waals surface area contributed by atoms with Gasteiger partial charge < -0.3 is 5.11 Å². The number of aliphatic hydroxyl groups is 1. The topological polar surface area (TPSA) is 20.2 Å². The van der Waals surface area contributed by atoms with Crippen LogP contribution in [0.15, 0.2) is 37.4 Å². The van der Waals surface area contributed by atoms with Gasteiger partial charge in [-0.3, -0.25) is 0 Å². The maximum atomic E-state index is 12.4. The van der Waals surface area contributed by atoms with Gasteiger partial charge in [-0.05, 0) is 24.1 Å². The second kappa shape index (κ2) is 6.38. The van der Waals surface area contributed by atoms with Crippen molar-refractivity contribution in [3.8, 4) is 0 Å². The lowest BCUT2D eigenvalue weighted by molar-refractivity contribution is 0.173. The lowest BCUT2D eigenvalue weighted by atomic mass is 10.1. The normalized spacial score (nSPS) is 11.3. The minimum Gasteiger partial charge on any atom is -0.388 e. The summed E-state index contributed by atoms with van der Waals surface area (Å²) in [6, 6.07) is 5.91. The maximum Gasteiger partial charge on any atom is 0.123 e. The number of rotatable bonds is 2. The van der Waals surface area contributed by atoms with Crippen molar-refractivity contribution in [3.63, 3.8) is 0 Å². The van der Waals surface area contributed by atoms with Crippen LogP contribution in [0.4, 0.5) is 4.39 Å². The summed E-state index contributed by atoms with van der Waals surface area (Å²) in [6.07, 6.45) is 0.196. The monoisotopic (exact) mass is 182 g/mol. The molecule has 2 heteroatoms. The van der Waals surface area contributed by atoms with Crippen molar-refractivity contribution in [2.24, 2.45) is 0 Å². The SMILES string of the molecule is C=C.CCC(O)c1ccc(F)cc1. The summed E-state index contributed by atoms with van der Waals surface area (Å²) in [7, 11) is 0. The van der Waals surface area contributed by atoms with Crippen LogP contribution in [0.1, 0.15) is 25.0 Å². The Morgan fingerprint density at radius 3 is 2.15 bits per heavy atom. The molecule has 0 fully saturated rings. The van der Waals surface area contributed by atoms with E-state index in [0.717, 1.165) is 5.56 Å². The average molecular weight is 182 g/mol. The van der Waals surface area contributed by atoms with Gasteiger partial charge in [-0.15, -0.1) is 13.2 Å². The molecule has 1 rings (SSSR count). The molecule has 72 valence electrons. The van der Waals surface area contributed by atoms with Crippen molar-refractivity contribution in [2.75, 3.05) is 0 Å². The van der Waals surface area contributed by atoms with Gasteiger partial charge in [0.15, 0.2) is 0 Å². The first-order valence-corrected chi connectivity index (χ1v) is 4.17. The summed E-state index contributed by atoms with van der Waals surface area (Å²) in [5.74, 6) is -0.267. The van der Waals surface area contributed by atoms with E-state index in [-0.39, 0.29) is 5.82 Å². The van der Waals surface area contributed by atoms with Gasteiger partial charge in [-0.1, -0.05) is 19.1 Å². The Morgan fingerprint density at radius 1 is 1.31 bits per heavy atom. The predicted molar refractivity (Wildman–Crippen MR) is 52.9 cm³/mol. The molecule has 1 nitrogen and oxygen atoms in total. The lowest BCUT2D eigenvalue weighted by Crippen LogP contribution is -1.94. The van der Waals surface area contributed by atoms with Crippen molar-refractivity contribution < 1.29 is 9.50 Å². The minimum absolute atomic E-state index is 0.267. The molecule has 0 heterocycles. The maximum absolute atomic E-state index is 12.4. The summed E-state index contributed by atoms with van der Waals surface area (Å²) >= 11 is 0. The molecule has 1 unspecified atom stereocenters. The fourth-order valence-electron chi connectivity index (χ4n) is 0.921. The Labute approximate surface area is 78.5 Å². The van der Waals surface area contributed by atoms with Crippen LogP contribution >= 0.6 is 0 Å². The van der Waals surface area contributed by atoms with E-state index in [1.54, 1.807) is 12.1 Å². The van der Waals surface area contributed by atoms with Gasteiger partial charge >= 0.3 is 0 Å². The molecular weight excluding hydrogens is 167 g/mol. The molecule has 0 aliphatic rings. The Hall–Kier alpha value is -1.15. The van der Waals surface area contributed by atoms with Crippen LogP contribution in [-0.2, 0) is 0 Å². The molecule has 0 amide bonds. The molecule has 1 atom stereocenters. The molecule has 0 radical (unpaired) electrons. The van der Waals surface area contributed by atoms with E-state index >= 15 is 0 Å². The number of halogens is 1. The highest BCUT2D eigenvalue weighted by molar-refractivity contribution is 5.18. The quantitative estimate of drug-likeness (QED) is 0.697. The predicted octanol–water partition coefficient (Wildman–Crippen LogP) is 3.07. The summed E-state index contributed by atoms with van der Waals surface area (Å²) < 4.78 is 12.4. The highest BCUT2D eigenvalue weighted by Gasteiger charge is 2.02. The summed E-state index contributed by atoms with van der Waals surface area (Å²) in [6.45, 7) is 7.88. The molecule has 1 N–H and O–H groups in total. The van der Waals surface area contributed by atoms with E-state index in [2.05, 4.69) is 13.2 Å². The molecule has 0 saturated heterocycles. The third-order valence-corrected chi connectivity index (χ3v) is 1.64. The standard InChI is InChI=1S/C9H11FO.C2H4/c1-2-9(11)7-3-5-8(10)6-4-7;1-2/h3-6,9,11H,2H2,1H3;1-2H2. The second-order valence-corrected chi connectivity index (χ2v) is 2.48. The number of aliphatic hydroxyl groups excluding tert-OH is 1. The van der Waals surface area contributed by atoms with Gasteiger partial charge in [-0.2, -0.15) is 0 Å². The minimum atomic E-state index is -0.462. The molecule has 0 saturated carbocycles. The Morgan fingerprint density at radius 2 is 1.77 bits per heavy atom. The number of benzene rings is 1. The third-order valence-electron chi connectivity index (χ3n) is 1.64. The first-order valence-electron chi connectivity index (χ1n) is 4.17. The number of hydrogen-bond acceptors (Lipinski definition) is 1. The average Bonchev–Trinajstić information content (AvgIpc) is 2.21. The zero-order chi connectivity index (χ0) is 10.3. The van der Waals surface area contributed by atoms with Crippen LogP contribution in [0, 0.1) is 5.82 Å². The zero-order valence-electron chi connectivity index (χ0n) is 7.83. The van der Waals surface area contributed by atoms with E-state index in [1.807, 2.05) is 6.92 Å². The Kier molecular flexibility index (Phi) is 5.81. The van der Waals surface area contributed by atoms with Crippen LogP contribution in [0.3, 0.4) is 0 Å². The van der Waals surface area contributed by atoms with Crippen LogP contribution < -0.4 is 0 Å². The van der Waals surface area contributed by atoms with Crippen molar-refractivity contribution in [1.82, 2.24) is 0 Å². The zero-order valence-corrected chi connectivity index (χ0v) is 7.83. The molecular formula is C11H15FO. The van der Waals surface area contributed by atoms with Crippen molar-refractivity contribution in [3.05, 3.63) is 48.8 Å². The van der Waals surface area contributed by atoms with Crippen LogP contribution in [-0.4, -0.2) is 5.11 Å². The van der Waals surface area contributed by atoms with Crippen LogP contribution in [0.5, 0.6) is 0 Å². The van der Waals surface area contributed by atoms with Crippen molar-refractivity contribution in [2.45, 2.75) is 19.4 Å². The fraction of sp³-hybridized carbons (Fsp3) is 0.273. The van der Waals surface area contributed by atoms with Gasteiger partial charge in [0, 0.05) is 0 Å². The largest absolute Gasteiger partial charge is 0.388 e. The lowest BCUT2D eigenvalue weighted by Gasteiger charge is -2.06. The molecule has 0 aliphatic carbocycles. The first-order chi connectivity index (χ1) is 6.24. The van der Waals surface area contributed by atoms with Crippen molar-refractivity contribution in [1.29, 1.82) is 0 Å². The Bertz CT molecular complexity index is 230. The van der Waals surface area contributed by atoms with Gasteiger partial charge in [0.25, 0.3) is 0 Å². The third kappa shape index (κ3) is 3.85. The van der Waals surface area contributed by atoms with Crippen LogP contribution in [0.2, 0.25) is 0 Å². The number of hydrogen-bond donors (Lipinski definition) is 1. The van der Waals surface area contributed by atoms with E-state index in [4.69, 9.17) is 0 Å². The molecule has 0 aromatic heterocycles. The molecule has 0 bridgehead atoms. The summed E-state index contributed by atoms with van der Waals surface area (Å²) in [4.78, 5) is 0.